The summed E-state index contributed by atoms with van der Waals surface area (Å²) in [6, 6.07) is 5.80. The highest BCUT2D eigenvalue weighted by Gasteiger charge is 2.09. The van der Waals surface area contributed by atoms with Crippen molar-refractivity contribution in [2.45, 2.75) is 23.4 Å². The molecule has 0 atom stereocenters. The number of hydrogen-bond donors (Lipinski definition) is 1. The van der Waals surface area contributed by atoms with Gasteiger partial charge in [0.2, 0.25) is 5.13 Å². The van der Waals surface area contributed by atoms with Crippen molar-refractivity contribution in [2.75, 3.05) is 26.1 Å². The third-order valence-electron chi connectivity index (χ3n) is 2.77. The van der Waals surface area contributed by atoms with Gasteiger partial charge in [-0.1, -0.05) is 30.0 Å². The van der Waals surface area contributed by atoms with Gasteiger partial charge in [-0.3, -0.25) is 0 Å². The van der Waals surface area contributed by atoms with E-state index in [4.69, 9.17) is 9.47 Å². The number of nitrogens with zero attached hydrogens (tertiary/aromatic N) is 2. The van der Waals surface area contributed by atoms with Gasteiger partial charge in [-0.2, -0.15) is 0 Å². The number of thioether (sulfide) groups is 1. The molecular formula is C14H19N3O2S2. The molecule has 0 spiro atoms. The van der Waals surface area contributed by atoms with Crippen molar-refractivity contribution in [3.05, 3.63) is 23.8 Å². The van der Waals surface area contributed by atoms with Crippen molar-refractivity contribution in [2.24, 2.45) is 0 Å². The van der Waals surface area contributed by atoms with Gasteiger partial charge in [0.05, 0.1) is 14.2 Å². The van der Waals surface area contributed by atoms with Gasteiger partial charge in [-0.25, -0.2) is 0 Å². The van der Waals surface area contributed by atoms with E-state index in [9.17, 15) is 0 Å². The summed E-state index contributed by atoms with van der Waals surface area (Å²) in [7, 11) is 3.34. The molecule has 0 radical (unpaired) electrons. The lowest BCUT2D eigenvalue weighted by molar-refractivity contribution is 0.400. The van der Waals surface area contributed by atoms with Crippen LogP contribution in [-0.2, 0) is 5.75 Å². The molecule has 1 N–H and O–H groups in total. The van der Waals surface area contributed by atoms with Crippen LogP contribution in [0.3, 0.4) is 0 Å². The average Bonchev–Trinajstić information content (AvgIpc) is 2.98. The molecule has 2 aromatic rings. The Morgan fingerprint density at radius 3 is 2.81 bits per heavy atom. The zero-order chi connectivity index (χ0) is 15.1. The lowest BCUT2D eigenvalue weighted by Gasteiger charge is -2.09. The number of hydrogen-bond acceptors (Lipinski definition) is 7. The van der Waals surface area contributed by atoms with E-state index in [2.05, 4.69) is 22.4 Å². The van der Waals surface area contributed by atoms with Crippen LogP contribution in [0.1, 0.15) is 18.9 Å². The summed E-state index contributed by atoms with van der Waals surface area (Å²) < 4.78 is 11.6. The van der Waals surface area contributed by atoms with E-state index >= 15 is 0 Å². The molecule has 0 amide bonds. The Hall–Kier alpha value is -1.47. The quantitative estimate of drug-likeness (QED) is 0.747. The number of ether oxygens (including phenoxy) is 2. The van der Waals surface area contributed by atoms with Crippen LogP contribution in [0.15, 0.2) is 22.5 Å². The second kappa shape index (κ2) is 8.09. The van der Waals surface area contributed by atoms with Crippen molar-refractivity contribution in [1.29, 1.82) is 0 Å². The molecule has 2 rings (SSSR count). The minimum atomic E-state index is 0.767. The fourth-order valence-corrected chi connectivity index (χ4v) is 3.46. The SMILES string of the molecule is CCCNc1nnc(SCc2cc(OC)ccc2OC)s1. The smallest absolute Gasteiger partial charge is 0.206 e. The highest BCUT2D eigenvalue weighted by atomic mass is 32.2. The Bertz CT molecular complexity index is 575. The van der Waals surface area contributed by atoms with E-state index in [0.29, 0.717) is 0 Å². The van der Waals surface area contributed by atoms with E-state index in [1.807, 2.05) is 18.2 Å². The zero-order valence-corrected chi connectivity index (χ0v) is 14.0. The van der Waals surface area contributed by atoms with E-state index in [1.54, 1.807) is 37.3 Å². The average molecular weight is 325 g/mol. The molecule has 0 saturated carbocycles. The molecule has 5 nitrogen and oxygen atoms in total. The Balaban J connectivity index is 2.00. The van der Waals surface area contributed by atoms with Gasteiger partial charge in [0.1, 0.15) is 11.5 Å². The van der Waals surface area contributed by atoms with Crippen molar-refractivity contribution in [3.8, 4) is 11.5 Å². The first-order chi connectivity index (χ1) is 10.3. The highest BCUT2D eigenvalue weighted by Crippen LogP contribution is 2.33. The molecular weight excluding hydrogens is 306 g/mol. The number of nitrogens with one attached hydrogen (secondary N) is 1. The summed E-state index contributed by atoms with van der Waals surface area (Å²) >= 11 is 3.22. The lowest BCUT2D eigenvalue weighted by atomic mass is 10.2. The molecule has 0 bridgehead atoms. The van der Waals surface area contributed by atoms with Crippen LogP contribution in [0.5, 0.6) is 11.5 Å². The molecule has 0 aliphatic rings. The van der Waals surface area contributed by atoms with E-state index in [0.717, 1.165) is 45.3 Å². The number of anilines is 1. The summed E-state index contributed by atoms with van der Waals surface area (Å²) in [5, 5.41) is 12.4. The summed E-state index contributed by atoms with van der Waals surface area (Å²) in [6.45, 7) is 3.04. The predicted molar refractivity (Wildman–Crippen MR) is 87.8 cm³/mol. The van der Waals surface area contributed by atoms with Gasteiger partial charge in [-0.15, -0.1) is 10.2 Å². The first kappa shape index (κ1) is 15.9. The van der Waals surface area contributed by atoms with Crippen LogP contribution < -0.4 is 14.8 Å². The molecule has 114 valence electrons. The molecule has 1 aromatic carbocycles. The number of aromatic nitrogens is 2. The molecule has 0 aliphatic heterocycles. The molecule has 1 heterocycles. The standard InChI is InChI=1S/C14H19N3O2S2/c1-4-7-15-13-16-17-14(21-13)20-9-10-8-11(18-2)5-6-12(10)19-3/h5-6,8H,4,7,9H2,1-3H3,(H,15,16). The van der Waals surface area contributed by atoms with Crippen molar-refractivity contribution in [1.82, 2.24) is 10.2 Å². The second-order valence-corrected chi connectivity index (χ2v) is 6.47. The van der Waals surface area contributed by atoms with Gasteiger partial charge in [0.25, 0.3) is 0 Å². The molecule has 7 heteroatoms. The van der Waals surface area contributed by atoms with E-state index in [1.165, 1.54) is 0 Å². The molecule has 1 aromatic heterocycles. The molecule has 0 fully saturated rings. The van der Waals surface area contributed by atoms with E-state index in [-0.39, 0.29) is 0 Å². The minimum Gasteiger partial charge on any atom is -0.497 e. The summed E-state index contributed by atoms with van der Waals surface area (Å²) in [5.74, 6) is 2.45. The second-order valence-electron chi connectivity index (χ2n) is 4.27. The number of methoxy groups -OCH3 is 2. The van der Waals surface area contributed by atoms with Crippen LogP contribution in [0.4, 0.5) is 5.13 Å². The maximum absolute atomic E-state index is 5.38. The van der Waals surface area contributed by atoms with Crippen molar-refractivity contribution < 1.29 is 9.47 Å². The maximum atomic E-state index is 5.38. The van der Waals surface area contributed by atoms with E-state index < -0.39 is 0 Å². The van der Waals surface area contributed by atoms with Crippen LogP contribution in [0.25, 0.3) is 0 Å². The van der Waals surface area contributed by atoms with Crippen molar-refractivity contribution >= 4 is 28.2 Å². The normalized spacial score (nSPS) is 10.4. The Labute approximate surface area is 133 Å². The van der Waals surface area contributed by atoms with Crippen LogP contribution in [0, 0.1) is 0 Å². The third kappa shape index (κ3) is 4.50. The summed E-state index contributed by atoms with van der Waals surface area (Å²) in [5.41, 5.74) is 1.08. The molecule has 0 unspecified atom stereocenters. The van der Waals surface area contributed by atoms with Crippen LogP contribution in [-0.4, -0.2) is 31.0 Å². The molecule has 21 heavy (non-hydrogen) atoms. The third-order valence-corrected chi connectivity index (χ3v) is 4.83. The first-order valence-electron chi connectivity index (χ1n) is 6.68. The first-order valence-corrected chi connectivity index (χ1v) is 8.48. The zero-order valence-electron chi connectivity index (χ0n) is 12.4. The van der Waals surface area contributed by atoms with Gasteiger partial charge in [0.15, 0.2) is 4.34 Å². The maximum Gasteiger partial charge on any atom is 0.206 e. The minimum absolute atomic E-state index is 0.767. The van der Waals surface area contributed by atoms with Gasteiger partial charge in [0, 0.05) is 17.9 Å². The Morgan fingerprint density at radius 1 is 1.24 bits per heavy atom. The largest absolute Gasteiger partial charge is 0.497 e. The van der Waals surface area contributed by atoms with Crippen LogP contribution >= 0.6 is 23.1 Å². The van der Waals surface area contributed by atoms with Gasteiger partial charge < -0.3 is 14.8 Å². The van der Waals surface area contributed by atoms with Gasteiger partial charge >= 0.3 is 0 Å². The number of benzene rings is 1. The molecule has 0 aliphatic carbocycles. The Morgan fingerprint density at radius 2 is 2.10 bits per heavy atom. The Kier molecular flexibility index (Phi) is 6.13. The van der Waals surface area contributed by atoms with Crippen molar-refractivity contribution in [3.63, 3.8) is 0 Å². The van der Waals surface area contributed by atoms with Crippen LogP contribution in [0.2, 0.25) is 0 Å². The predicted octanol–water partition coefficient (Wildman–Crippen LogP) is 3.67. The lowest BCUT2D eigenvalue weighted by Crippen LogP contribution is -1.98. The fourth-order valence-electron chi connectivity index (χ4n) is 1.71. The summed E-state index contributed by atoms with van der Waals surface area (Å²) in [4.78, 5) is 0. The highest BCUT2D eigenvalue weighted by molar-refractivity contribution is 8.00. The summed E-state index contributed by atoms with van der Waals surface area (Å²) in [6.07, 6.45) is 1.07. The fraction of sp³-hybridized carbons (Fsp3) is 0.429. The monoisotopic (exact) mass is 325 g/mol. The number of rotatable bonds is 8. The topological polar surface area (TPSA) is 56.3 Å². The molecule has 0 saturated heterocycles. The van der Waals surface area contributed by atoms with Gasteiger partial charge in [-0.05, 0) is 24.6 Å².